The Morgan fingerprint density at radius 1 is 1.23 bits per heavy atom. The molecular formula is C26H32FN5O3. The van der Waals surface area contributed by atoms with Gasteiger partial charge in [0.25, 0.3) is 0 Å². The Bertz CT molecular complexity index is 1240. The third-order valence-corrected chi connectivity index (χ3v) is 6.54. The minimum Gasteiger partial charge on any atom is -0.375 e. The molecule has 1 fully saturated rings. The minimum atomic E-state index is -0.387. The number of aromatic nitrogens is 3. The van der Waals surface area contributed by atoms with Crippen LogP contribution in [0.1, 0.15) is 51.1 Å². The van der Waals surface area contributed by atoms with Gasteiger partial charge in [-0.1, -0.05) is 6.42 Å². The Morgan fingerprint density at radius 3 is 2.77 bits per heavy atom. The molecule has 35 heavy (non-hydrogen) atoms. The molecule has 8 nitrogen and oxygen atoms in total. The highest BCUT2D eigenvalue weighted by Gasteiger charge is 2.28. The van der Waals surface area contributed by atoms with Crippen molar-refractivity contribution in [1.29, 1.82) is 0 Å². The number of hydrogen-bond acceptors (Lipinski definition) is 5. The first kappa shape index (κ1) is 24.8. The maximum Gasteiger partial charge on any atom is 0.246 e. The summed E-state index contributed by atoms with van der Waals surface area (Å²) in [5, 5.41) is 5.86. The molecule has 4 rings (SSSR count). The molecule has 0 radical (unpaired) electrons. The van der Waals surface area contributed by atoms with Gasteiger partial charge in [-0.3, -0.25) is 9.59 Å². The molecule has 0 bridgehead atoms. The van der Waals surface area contributed by atoms with Crippen molar-refractivity contribution in [3.05, 3.63) is 42.1 Å². The van der Waals surface area contributed by atoms with Crippen LogP contribution in [0.5, 0.6) is 0 Å². The van der Waals surface area contributed by atoms with E-state index in [1.165, 1.54) is 13.2 Å². The number of carbonyl (C=O) groups excluding carboxylic acids is 2. The molecule has 2 amide bonds. The van der Waals surface area contributed by atoms with Crippen LogP contribution in [0.3, 0.4) is 0 Å². The van der Waals surface area contributed by atoms with E-state index in [0.717, 1.165) is 35.9 Å². The number of amides is 2. The van der Waals surface area contributed by atoms with Crippen molar-refractivity contribution < 1.29 is 18.7 Å². The molecule has 9 heteroatoms. The fourth-order valence-electron chi connectivity index (χ4n) is 4.75. The molecule has 0 spiro atoms. The van der Waals surface area contributed by atoms with Gasteiger partial charge >= 0.3 is 0 Å². The summed E-state index contributed by atoms with van der Waals surface area (Å²) in [7, 11) is 1.48. The number of benzene rings is 1. The SMILES string of the molecule is COCC(=O)NC1CCCC(C(=O)Nc2cc(-c3cc(F)c4ncn(C(C)C)c4c3)c(C)cn2)C1. The highest BCUT2D eigenvalue weighted by Crippen LogP contribution is 2.31. The topological polar surface area (TPSA) is 98.1 Å². The van der Waals surface area contributed by atoms with Crippen LogP contribution in [0.2, 0.25) is 0 Å². The molecule has 0 aliphatic heterocycles. The first-order valence-electron chi connectivity index (χ1n) is 12.0. The molecule has 2 aromatic heterocycles. The van der Waals surface area contributed by atoms with E-state index in [4.69, 9.17) is 4.74 Å². The van der Waals surface area contributed by atoms with Gasteiger partial charge in [0.05, 0.1) is 11.8 Å². The number of rotatable bonds is 7. The number of anilines is 1. The molecule has 2 N–H and O–H groups in total. The number of methoxy groups -OCH3 is 1. The number of fused-ring (bicyclic) bond motifs is 1. The van der Waals surface area contributed by atoms with E-state index in [2.05, 4.69) is 20.6 Å². The Balaban J connectivity index is 1.53. The molecule has 2 heterocycles. The van der Waals surface area contributed by atoms with Crippen LogP contribution in [-0.4, -0.2) is 46.1 Å². The lowest BCUT2D eigenvalue weighted by Gasteiger charge is -2.29. The van der Waals surface area contributed by atoms with Gasteiger partial charge in [-0.25, -0.2) is 14.4 Å². The number of nitrogens with zero attached hydrogens (tertiary/aromatic N) is 3. The Morgan fingerprint density at radius 2 is 2.03 bits per heavy atom. The van der Waals surface area contributed by atoms with E-state index in [-0.39, 0.29) is 42.2 Å². The quantitative estimate of drug-likeness (QED) is 0.522. The molecule has 1 aliphatic rings. The number of halogens is 1. The lowest BCUT2D eigenvalue weighted by atomic mass is 9.85. The van der Waals surface area contributed by atoms with Crippen LogP contribution in [0.4, 0.5) is 10.2 Å². The fraction of sp³-hybridized carbons (Fsp3) is 0.462. The van der Waals surface area contributed by atoms with Crippen molar-refractivity contribution in [2.75, 3.05) is 19.0 Å². The summed E-state index contributed by atoms with van der Waals surface area (Å²) in [4.78, 5) is 33.5. The average molecular weight is 482 g/mol. The van der Waals surface area contributed by atoms with Gasteiger partial charge in [-0.2, -0.15) is 0 Å². The third kappa shape index (κ3) is 5.51. The maximum atomic E-state index is 14.9. The van der Waals surface area contributed by atoms with Crippen molar-refractivity contribution in [3.8, 4) is 11.1 Å². The smallest absolute Gasteiger partial charge is 0.246 e. The number of carbonyl (C=O) groups is 2. The van der Waals surface area contributed by atoms with E-state index in [0.29, 0.717) is 23.3 Å². The molecular weight excluding hydrogens is 449 g/mol. The number of hydrogen-bond donors (Lipinski definition) is 2. The zero-order chi connectivity index (χ0) is 25.1. The number of imidazole rings is 1. The van der Waals surface area contributed by atoms with Crippen LogP contribution < -0.4 is 10.6 Å². The third-order valence-electron chi connectivity index (χ3n) is 6.54. The van der Waals surface area contributed by atoms with Gasteiger partial charge in [0.1, 0.15) is 17.9 Å². The first-order chi connectivity index (χ1) is 16.8. The highest BCUT2D eigenvalue weighted by molar-refractivity contribution is 5.93. The number of nitrogens with one attached hydrogen (secondary N) is 2. The Labute approximate surface area is 204 Å². The van der Waals surface area contributed by atoms with Crippen molar-refractivity contribution in [3.63, 3.8) is 0 Å². The van der Waals surface area contributed by atoms with Crippen LogP contribution in [0.15, 0.2) is 30.7 Å². The van der Waals surface area contributed by atoms with Gasteiger partial charge in [0, 0.05) is 31.3 Å². The van der Waals surface area contributed by atoms with Crippen LogP contribution in [0, 0.1) is 18.7 Å². The van der Waals surface area contributed by atoms with Gasteiger partial charge in [-0.15, -0.1) is 0 Å². The standard InChI is InChI=1S/C26H32FN5O3/c1-15(2)32-14-29-25-21(27)9-18(10-22(25)32)20-11-23(28-12-16(20)3)31-26(34)17-6-5-7-19(8-17)30-24(33)13-35-4/h9-12,14-15,17,19H,5-8,13H2,1-4H3,(H,30,33)(H,28,31,34). The number of ether oxygens (including phenoxy) is 1. The number of aryl methyl sites for hydroxylation is 1. The molecule has 1 aliphatic carbocycles. The summed E-state index contributed by atoms with van der Waals surface area (Å²) in [6.07, 6.45) is 6.35. The lowest BCUT2D eigenvalue weighted by molar-refractivity contribution is -0.127. The summed E-state index contributed by atoms with van der Waals surface area (Å²) in [5.74, 6) is -0.497. The minimum absolute atomic E-state index is 0.00771. The fourth-order valence-corrected chi connectivity index (χ4v) is 4.75. The second-order valence-corrected chi connectivity index (χ2v) is 9.51. The van der Waals surface area contributed by atoms with Gasteiger partial charge < -0.3 is 19.9 Å². The highest BCUT2D eigenvalue weighted by atomic mass is 19.1. The monoisotopic (exact) mass is 481 g/mol. The first-order valence-corrected chi connectivity index (χ1v) is 12.0. The van der Waals surface area contributed by atoms with E-state index in [9.17, 15) is 14.0 Å². The van der Waals surface area contributed by atoms with Gasteiger partial charge in [0.2, 0.25) is 11.8 Å². The summed E-state index contributed by atoms with van der Waals surface area (Å²) < 4.78 is 21.7. The summed E-state index contributed by atoms with van der Waals surface area (Å²) in [6, 6.07) is 5.27. The summed E-state index contributed by atoms with van der Waals surface area (Å²) in [6.45, 7) is 5.96. The van der Waals surface area contributed by atoms with Crippen molar-refractivity contribution in [1.82, 2.24) is 19.9 Å². The Hall–Kier alpha value is -3.33. The van der Waals surface area contributed by atoms with Crippen LogP contribution >= 0.6 is 0 Å². The van der Waals surface area contributed by atoms with Crippen molar-refractivity contribution >= 4 is 28.7 Å². The van der Waals surface area contributed by atoms with E-state index in [1.54, 1.807) is 18.6 Å². The Kier molecular flexibility index (Phi) is 7.45. The second kappa shape index (κ2) is 10.5. The van der Waals surface area contributed by atoms with E-state index >= 15 is 0 Å². The molecule has 1 saturated carbocycles. The zero-order valence-electron chi connectivity index (χ0n) is 20.6. The van der Waals surface area contributed by atoms with Crippen molar-refractivity contribution in [2.45, 2.75) is 58.5 Å². The molecule has 2 unspecified atom stereocenters. The zero-order valence-corrected chi connectivity index (χ0v) is 20.6. The molecule has 3 aromatic rings. The molecule has 0 saturated heterocycles. The lowest BCUT2D eigenvalue weighted by Crippen LogP contribution is -2.42. The van der Waals surface area contributed by atoms with Gasteiger partial charge in [-0.05, 0) is 74.9 Å². The molecule has 1 aromatic carbocycles. The van der Waals surface area contributed by atoms with Crippen molar-refractivity contribution in [2.24, 2.45) is 5.92 Å². The predicted molar refractivity (Wildman–Crippen MR) is 132 cm³/mol. The largest absolute Gasteiger partial charge is 0.375 e. The van der Waals surface area contributed by atoms with Crippen LogP contribution in [-0.2, 0) is 14.3 Å². The average Bonchev–Trinajstić information content (AvgIpc) is 3.25. The molecule has 186 valence electrons. The van der Waals surface area contributed by atoms with E-state index < -0.39 is 0 Å². The maximum absolute atomic E-state index is 14.9. The van der Waals surface area contributed by atoms with Crippen LogP contribution in [0.25, 0.3) is 22.2 Å². The summed E-state index contributed by atoms with van der Waals surface area (Å²) >= 11 is 0. The molecule has 2 atom stereocenters. The second-order valence-electron chi connectivity index (χ2n) is 9.51. The predicted octanol–water partition coefficient (Wildman–Crippen LogP) is 4.39. The summed E-state index contributed by atoms with van der Waals surface area (Å²) in [5.41, 5.74) is 3.43. The van der Waals surface area contributed by atoms with Gasteiger partial charge in [0.15, 0.2) is 5.82 Å². The number of pyridine rings is 1. The normalized spacial score (nSPS) is 18.1. The van der Waals surface area contributed by atoms with E-state index in [1.807, 2.05) is 31.4 Å².